The second-order valence-electron chi connectivity index (χ2n) is 5.99. The van der Waals surface area contributed by atoms with Crippen LogP contribution in [0.4, 0.5) is 0 Å². The molecule has 1 aliphatic rings. The van der Waals surface area contributed by atoms with Gasteiger partial charge in [0.05, 0.1) is 6.04 Å². The fourth-order valence-corrected chi connectivity index (χ4v) is 2.75. The fourth-order valence-electron chi connectivity index (χ4n) is 2.75. The van der Waals surface area contributed by atoms with Crippen LogP contribution in [0.25, 0.3) is 11.4 Å². The zero-order chi connectivity index (χ0) is 14.2. The molecule has 1 aromatic heterocycles. The lowest BCUT2D eigenvalue weighted by molar-refractivity contribution is 0.146. The van der Waals surface area contributed by atoms with Crippen molar-refractivity contribution >= 4 is 0 Å². The minimum absolute atomic E-state index is 0.0785. The van der Waals surface area contributed by atoms with Crippen LogP contribution in [-0.4, -0.2) is 21.8 Å². The topological polar surface area (TPSA) is 71.2 Å². The minimum Gasteiger partial charge on any atom is -0.508 e. The predicted molar refractivity (Wildman–Crippen MR) is 75.2 cm³/mol. The van der Waals surface area contributed by atoms with E-state index >= 15 is 0 Å². The van der Waals surface area contributed by atoms with Crippen LogP contribution in [0, 0.1) is 5.41 Å². The van der Waals surface area contributed by atoms with E-state index in [0.717, 1.165) is 24.9 Å². The molecule has 0 saturated carbocycles. The number of nitrogens with zero attached hydrogens (tertiary/aromatic N) is 2. The molecule has 1 saturated heterocycles. The molecule has 5 heteroatoms. The first-order valence-electron chi connectivity index (χ1n) is 6.93. The molecule has 0 spiro atoms. The normalized spacial score (nSPS) is 21.8. The molecular weight excluding hydrogens is 254 g/mol. The summed E-state index contributed by atoms with van der Waals surface area (Å²) in [4.78, 5) is 4.49. The van der Waals surface area contributed by atoms with Crippen LogP contribution in [-0.2, 0) is 0 Å². The maximum absolute atomic E-state index is 9.51. The largest absolute Gasteiger partial charge is 0.508 e. The Morgan fingerprint density at radius 1 is 1.40 bits per heavy atom. The van der Waals surface area contributed by atoms with Gasteiger partial charge in [-0.05, 0) is 36.9 Å². The molecule has 2 N–H and O–H groups in total. The summed E-state index contributed by atoms with van der Waals surface area (Å²) in [6.07, 6.45) is 2.30. The van der Waals surface area contributed by atoms with Crippen molar-refractivity contribution in [3.05, 3.63) is 30.2 Å². The van der Waals surface area contributed by atoms with E-state index in [1.807, 2.05) is 6.07 Å². The van der Waals surface area contributed by atoms with Gasteiger partial charge in [0.1, 0.15) is 5.75 Å². The van der Waals surface area contributed by atoms with Gasteiger partial charge >= 0.3 is 0 Å². The third-order valence-electron chi connectivity index (χ3n) is 3.92. The van der Waals surface area contributed by atoms with E-state index in [2.05, 4.69) is 29.3 Å². The Hall–Kier alpha value is -1.88. The SMILES string of the molecule is CC1(C)CCCNC1c1nc(-c2cccc(O)c2)no1. The number of aromatic nitrogens is 2. The van der Waals surface area contributed by atoms with Gasteiger partial charge in [-0.25, -0.2) is 0 Å². The van der Waals surface area contributed by atoms with E-state index in [1.54, 1.807) is 18.2 Å². The average Bonchev–Trinajstić information content (AvgIpc) is 2.87. The highest BCUT2D eigenvalue weighted by molar-refractivity contribution is 5.56. The molecule has 20 heavy (non-hydrogen) atoms. The molecule has 106 valence electrons. The number of hydrogen-bond donors (Lipinski definition) is 2. The summed E-state index contributed by atoms with van der Waals surface area (Å²) in [5.41, 5.74) is 0.856. The van der Waals surface area contributed by atoms with Gasteiger partial charge in [0.25, 0.3) is 0 Å². The molecule has 2 aromatic rings. The molecule has 0 amide bonds. The number of phenolic OH excluding ortho intramolecular Hbond substituents is 1. The van der Waals surface area contributed by atoms with Crippen molar-refractivity contribution < 1.29 is 9.63 Å². The van der Waals surface area contributed by atoms with Gasteiger partial charge in [-0.2, -0.15) is 4.98 Å². The standard InChI is InChI=1S/C15H19N3O2/c1-15(2)7-4-8-16-12(15)14-17-13(18-20-14)10-5-3-6-11(19)9-10/h3,5-6,9,12,16,19H,4,7-8H2,1-2H3. The van der Waals surface area contributed by atoms with E-state index in [-0.39, 0.29) is 17.2 Å². The summed E-state index contributed by atoms with van der Waals surface area (Å²) >= 11 is 0. The monoisotopic (exact) mass is 273 g/mol. The van der Waals surface area contributed by atoms with Crippen molar-refractivity contribution in [1.82, 2.24) is 15.5 Å². The van der Waals surface area contributed by atoms with Crippen molar-refractivity contribution in [1.29, 1.82) is 0 Å². The van der Waals surface area contributed by atoms with Crippen molar-refractivity contribution in [3.8, 4) is 17.1 Å². The predicted octanol–water partition coefficient (Wildman–Crippen LogP) is 2.89. The molecule has 1 unspecified atom stereocenters. The third-order valence-corrected chi connectivity index (χ3v) is 3.92. The summed E-state index contributed by atoms with van der Waals surface area (Å²) in [5, 5.41) is 17.0. The summed E-state index contributed by atoms with van der Waals surface area (Å²) in [6.45, 7) is 5.39. The molecule has 5 nitrogen and oxygen atoms in total. The van der Waals surface area contributed by atoms with E-state index in [1.165, 1.54) is 0 Å². The van der Waals surface area contributed by atoms with Gasteiger partial charge in [-0.15, -0.1) is 0 Å². The number of aromatic hydroxyl groups is 1. The first kappa shape index (κ1) is 13.1. The molecule has 0 bridgehead atoms. The van der Waals surface area contributed by atoms with Crippen LogP contribution in [0.1, 0.15) is 38.6 Å². The lowest BCUT2D eigenvalue weighted by Crippen LogP contribution is -2.39. The Morgan fingerprint density at radius 2 is 2.25 bits per heavy atom. The maximum atomic E-state index is 9.51. The van der Waals surface area contributed by atoms with Crippen LogP contribution < -0.4 is 5.32 Å². The Labute approximate surface area is 118 Å². The maximum Gasteiger partial charge on any atom is 0.244 e. The van der Waals surface area contributed by atoms with Crippen molar-refractivity contribution in [2.24, 2.45) is 5.41 Å². The number of hydrogen-bond acceptors (Lipinski definition) is 5. The highest BCUT2D eigenvalue weighted by Crippen LogP contribution is 2.39. The van der Waals surface area contributed by atoms with Crippen molar-refractivity contribution in [2.45, 2.75) is 32.7 Å². The first-order valence-corrected chi connectivity index (χ1v) is 6.93. The number of nitrogens with one attached hydrogen (secondary N) is 1. The summed E-state index contributed by atoms with van der Waals surface area (Å²) in [6, 6.07) is 6.96. The molecule has 2 heterocycles. The van der Waals surface area contributed by atoms with E-state index in [4.69, 9.17) is 4.52 Å². The molecule has 1 aliphatic heterocycles. The van der Waals surface area contributed by atoms with Crippen LogP contribution in [0.2, 0.25) is 0 Å². The molecule has 3 rings (SSSR count). The van der Waals surface area contributed by atoms with Crippen molar-refractivity contribution in [2.75, 3.05) is 6.54 Å². The molecule has 0 aliphatic carbocycles. The van der Waals surface area contributed by atoms with Gasteiger partial charge in [0.15, 0.2) is 0 Å². The summed E-state index contributed by atoms with van der Waals surface area (Å²) < 4.78 is 5.43. The highest BCUT2D eigenvalue weighted by Gasteiger charge is 2.37. The fraction of sp³-hybridized carbons (Fsp3) is 0.467. The van der Waals surface area contributed by atoms with Crippen LogP contribution in [0.5, 0.6) is 5.75 Å². The van der Waals surface area contributed by atoms with Crippen molar-refractivity contribution in [3.63, 3.8) is 0 Å². The second kappa shape index (κ2) is 4.90. The smallest absolute Gasteiger partial charge is 0.244 e. The lowest BCUT2D eigenvalue weighted by Gasteiger charge is -2.36. The zero-order valence-corrected chi connectivity index (χ0v) is 11.8. The van der Waals surface area contributed by atoms with Crippen LogP contribution >= 0.6 is 0 Å². The van der Waals surface area contributed by atoms with E-state index in [0.29, 0.717) is 11.7 Å². The Kier molecular flexibility index (Phi) is 3.22. The minimum atomic E-state index is 0.0785. The second-order valence-corrected chi connectivity index (χ2v) is 5.99. The summed E-state index contributed by atoms with van der Waals surface area (Å²) in [5.74, 6) is 1.33. The van der Waals surface area contributed by atoms with Crippen LogP contribution in [0.3, 0.4) is 0 Å². The van der Waals surface area contributed by atoms with Gasteiger partial charge in [-0.1, -0.05) is 31.1 Å². The van der Waals surface area contributed by atoms with E-state index in [9.17, 15) is 5.11 Å². The Morgan fingerprint density at radius 3 is 3.00 bits per heavy atom. The highest BCUT2D eigenvalue weighted by atomic mass is 16.5. The molecular formula is C15H19N3O2. The molecule has 0 radical (unpaired) electrons. The number of benzene rings is 1. The number of piperidine rings is 1. The molecule has 1 atom stereocenters. The van der Waals surface area contributed by atoms with Gasteiger partial charge in [0.2, 0.25) is 11.7 Å². The third kappa shape index (κ3) is 2.41. The average molecular weight is 273 g/mol. The lowest BCUT2D eigenvalue weighted by atomic mass is 9.77. The molecule has 1 fully saturated rings. The van der Waals surface area contributed by atoms with Gasteiger partial charge < -0.3 is 14.9 Å². The molecule has 1 aromatic carbocycles. The zero-order valence-electron chi connectivity index (χ0n) is 11.8. The number of rotatable bonds is 2. The van der Waals surface area contributed by atoms with Gasteiger partial charge in [0, 0.05) is 5.56 Å². The Bertz CT molecular complexity index is 607. The summed E-state index contributed by atoms with van der Waals surface area (Å²) in [7, 11) is 0. The Balaban J connectivity index is 1.90. The van der Waals surface area contributed by atoms with Gasteiger partial charge in [-0.3, -0.25) is 0 Å². The van der Waals surface area contributed by atoms with Crippen LogP contribution in [0.15, 0.2) is 28.8 Å². The number of phenols is 1. The quantitative estimate of drug-likeness (QED) is 0.880. The first-order chi connectivity index (χ1) is 9.56. The van der Waals surface area contributed by atoms with E-state index < -0.39 is 0 Å².